The first-order chi connectivity index (χ1) is 18.1. The summed E-state index contributed by atoms with van der Waals surface area (Å²) in [5, 5.41) is 8.68. The van der Waals surface area contributed by atoms with Crippen LogP contribution < -0.4 is 9.80 Å². The molecule has 0 spiro atoms. The van der Waals surface area contributed by atoms with Crippen LogP contribution in [0.3, 0.4) is 0 Å². The molecule has 206 valence electrons. The molecule has 38 heavy (non-hydrogen) atoms. The third-order valence-corrected chi connectivity index (χ3v) is 7.07. The molecule has 3 heterocycles. The van der Waals surface area contributed by atoms with E-state index in [4.69, 9.17) is 16.3 Å². The first-order valence-electron chi connectivity index (χ1n) is 12.6. The number of hydrogen-bond donors (Lipinski definition) is 1. The molecule has 4 rings (SSSR count). The Labute approximate surface area is 223 Å². The zero-order valence-corrected chi connectivity index (χ0v) is 22.3. The number of nitrogens with zero attached hydrogens (tertiary/aromatic N) is 6. The quantitative estimate of drug-likeness (QED) is 0.309. The number of hydrogen-bond acceptors (Lipinski definition) is 8. The van der Waals surface area contributed by atoms with Crippen LogP contribution in [-0.2, 0) is 16.0 Å². The van der Waals surface area contributed by atoms with Gasteiger partial charge in [0.15, 0.2) is 11.9 Å². The molecule has 13 heteroatoms. The zero-order chi connectivity index (χ0) is 27.4. The third kappa shape index (κ3) is 6.12. The molecule has 1 aromatic carbocycles. The van der Waals surface area contributed by atoms with Gasteiger partial charge in [-0.25, -0.2) is 14.8 Å². The average Bonchev–Trinajstić information content (AvgIpc) is 3.32. The SMILES string of the molecule is CCN(CC)C(CCc1[nH]nc2ncnc(N3CCN(c4cc(Cl)ccc4C)CC3)c12)OC(=O)C(F)(F)F. The second-order valence-electron chi connectivity index (χ2n) is 9.12. The number of alkyl halides is 3. The summed E-state index contributed by atoms with van der Waals surface area (Å²) in [7, 11) is 0. The lowest BCUT2D eigenvalue weighted by molar-refractivity contribution is -0.213. The summed E-state index contributed by atoms with van der Waals surface area (Å²) in [6, 6.07) is 5.86. The Bertz CT molecular complexity index is 1260. The summed E-state index contributed by atoms with van der Waals surface area (Å²) < 4.78 is 43.6. The zero-order valence-electron chi connectivity index (χ0n) is 21.6. The number of nitrogens with one attached hydrogen (secondary N) is 1. The number of aromatic amines is 1. The fourth-order valence-electron chi connectivity index (χ4n) is 4.81. The van der Waals surface area contributed by atoms with Crippen molar-refractivity contribution in [3.05, 3.63) is 40.8 Å². The number of aromatic nitrogens is 4. The van der Waals surface area contributed by atoms with Crippen LogP contribution in [0.2, 0.25) is 5.02 Å². The van der Waals surface area contributed by atoms with E-state index in [2.05, 4.69) is 36.9 Å². The van der Waals surface area contributed by atoms with E-state index in [9.17, 15) is 18.0 Å². The Morgan fingerprint density at radius 3 is 2.50 bits per heavy atom. The predicted octanol–water partition coefficient (Wildman–Crippen LogP) is 4.35. The number of fused-ring (bicyclic) bond motifs is 1. The first kappa shape index (κ1) is 27.9. The molecule has 2 aromatic heterocycles. The van der Waals surface area contributed by atoms with Gasteiger partial charge >= 0.3 is 12.1 Å². The summed E-state index contributed by atoms with van der Waals surface area (Å²) in [6.07, 6.45) is -4.18. The van der Waals surface area contributed by atoms with Crippen molar-refractivity contribution in [2.24, 2.45) is 0 Å². The highest BCUT2D eigenvalue weighted by Gasteiger charge is 2.43. The number of H-pyrrole nitrogens is 1. The number of halogens is 4. The number of piperazine rings is 1. The maximum absolute atomic E-state index is 12.9. The number of aryl methyl sites for hydroxylation is 2. The van der Waals surface area contributed by atoms with Crippen LogP contribution in [0.1, 0.15) is 31.5 Å². The Morgan fingerprint density at radius 2 is 1.84 bits per heavy atom. The molecular formula is C25H31ClF3N7O2. The molecule has 1 aliphatic heterocycles. The fraction of sp³-hybridized carbons (Fsp3) is 0.520. The molecule has 0 radical (unpaired) electrons. The Kier molecular flexibility index (Phi) is 8.61. The van der Waals surface area contributed by atoms with Gasteiger partial charge in [0.1, 0.15) is 12.1 Å². The number of carbonyl (C=O) groups is 1. The van der Waals surface area contributed by atoms with Gasteiger partial charge in [-0.3, -0.25) is 10.00 Å². The number of rotatable bonds is 9. The van der Waals surface area contributed by atoms with Crippen LogP contribution in [0.25, 0.3) is 11.0 Å². The number of esters is 1. The van der Waals surface area contributed by atoms with Crippen LogP contribution in [0.4, 0.5) is 24.7 Å². The summed E-state index contributed by atoms with van der Waals surface area (Å²) in [6.45, 7) is 9.46. The van der Waals surface area contributed by atoms with E-state index in [1.165, 1.54) is 6.33 Å². The molecule has 0 bridgehead atoms. The third-order valence-electron chi connectivity index (χ3n) is 6.83. The molecule has 1 aliphatic rings. The van der Waals surface area contributed by atoms with E-state index in [0.29, 0.717) is 54.8 Å². The highest BCUT2D eigenvalue weighted by molar-refractivity contribution is 6.30. The van der Waals surface area contributed by atoms with Gasteiger partial charge in [-0.05, 0) is 44.1 Å². The number of benzene rings is 1. The van der Waals surface area contributed by atoms with Crippen molar-refractivity contribution in [3.63, 3.8) is 0 Å². The van der Waals surface area contributed by atoms with Gasteiger partial charge in [-0.2, -0.15) is 18.3 Å². The van der Waals surface area contributed by atoms with Crippen LogP contribution in [-0.4, -0.2) is 82.7 Å². The number of ether oxygens (including phenoxy) is 1. The molecule has 0 amide bonds. The Balaban J connectivity index is 1.52. The molecule has 1 unspecified atom stereocenters. The lowest BCUT2D eigenvalue weighted by Crippen LogP contribution is -2.47. The topological polar surface area (TPSA) is 90.5 Å². The van der Waals surface area contributed by atoms with Crippen LogP contribution in [0, 0.1) is 6.92 Å². The van der Waals surface area contributed by atoms with Gasteiger partial charge < -0.3 is 14.5 Å². The summed E-state index contributed by atoms with van der Waals surface area (Å²) in [4.78, 5) is 26.5. The standard InChI is InChI=1S/C25H31ClF3N7O2/c1-4-34(5-2)20(38-24(37)25(27,28)29)9-8-18-21-22(33-32-18)30-15-31-23(21)36-12-10-35(11-13-36)19-14-17(26)7-6-16(19)3/h6-7,14-15,20H,4-5,8-13H2,1-3H3,(H,30,31,32,33). The molecule has 3 aromatic rings. The largest absolute Gasteiger partial charge is 0.490 e. The lowest BCUT2D eigenvalue weighted by Gasteiger charge is -2.37. The van der Waals surface area contributed by atoms with Crippen molar-refractivity contribution in [1.29, 1.82) is 0 Å². The second kappa shape index (κ2) is 11.7. The second-order valence-corrected chi connectivity index (χ2v) is 9.56. The van der Waals surface area contributed by atoms with E-state index >= 15 is 0 Å². The summed E-state index contributed by atoms with van der Waals surface area (Å²) in [5.74, 6) is -1.48. The highest BCUT2D eigenvalue weighted by Crippen LogP contribution is 2.30. The van der Waals surface area contributed by atoms with Gasteiger partial charge in [0.05, 0.1) is 5.39 Å². The summed E-state index contributed by atoms with van der Waals surface area (Å²) >= 11 is 6.22. The van der Waals surface area contributed by atoms with E-state index in [1.807, 2.05) is 18.2 Å². The average molecular weight is 554 g/mol. The van der Waals surface area contributed by atoms with Crippen molar-refractivity contribution < 1.29 is 22.7 Å². The lowest BCUT2D eigenvalue weighted by atomic mass is 10.1. The van der Waals surface area contributed by atoms with E-state index in [1.54, 1.807) is 18.7 Å². The van der Waals surface area contributed by atoms with Gasteiger partial charge in [0.25, 0.3) is 0 Å². The minimum absolute atomic E-state index is 0.150. The van der Waals surface area contributed by atoms with Crippen molar-refractivity contribution >= 4 is 40.1 Å². The van der Waals surface area contributed by atoms with Crippen LogP contribution in [0.5, 0.6) is 0 Å². The fourth-order valence-corrected chi connectivity index (χ4v) is 4.97. The minimum Gasteiger partial charge on any atom is -0.440 e. The van der Waals surface area contributed by atoms with Gasteiger partial charge in [-0.15, -0.1) is 0 Å². The smallest absolute Gasteiger partial charge is 0.440 e. The summed E-state index contributed by atoms with van der Waals surface area (Å²) in [5.41, 5.74) is 3.41. The monoisotopic (exact) mass is 553 g/mol. The molecule has 0 saturated carbocycles. The molecule has 0 aliphatic carbocycles. The maximum Gasteiger partial charge on any atom is 0.490 e. The predicted molar refractivity (Wildman–Crippen MR) is 139 cm³/mol. The van der Waals surface area contributed by atoms with Gasteiger partial charge in [0, 0.05) is 49.0 Å². The molecule has 9 nitrogen and oxygen atoms in total. The highest BCUT2D eigenvalue weighted by atomic mass is 35.5. The Morgan fingerprint density at radius 1 is 1.16 bits per heavy atom. The van der Waals surface area contributed by atoms with Gasteiger partial charge in [0.2, 0.25) is 0 Å². The van der Waals surface area contributed by atoms with E-state index in [-0.39, 0.29) is 6.42 Å². The van der Waals surface area contributed by atoms with Gasteiger partial charge in [-0.1, -0.05) is 31.5 Å². The Hall–Kier alpha value is -3.12. The van der Waals surface area contributed by atoms with E-state index in [0.717, 1.165) is 29.7 Å². The normalized spacial score (nSPS) is 15.4. The molecular weight excluding hydrogens is 523 g/mol. The maximum atomic E-state index is 12.9. The van der Waals surface area contributed by atoms with Crippen molar-refractivity contribution in [2.75, 3.05) is 49.1 Å². The van der Waals surface area contributed by atoms with Crippen molar-refractivity contribution in [2.45, 2.75) is 46.0 Å². The first-order valence-corrected chi connectivity index (χ1v) is 13.0. The van der Waals surface area contributed by atoms with Crippen molar-refractivity contribution in [1.82, 2.24) is 25.1 Å². The molecule has 1 saturated heterocycles. The number of carbonyl (C=O) groups excluding carboxylic acids is 1. The van der Waals surface area contributed by atoms with Crippen LogP contribution in [0.15, 0.2) is 24.5 Å². The molecule has 1 atom stereocenters. The molecule has 1 N–H and O–H groups in total. The number of anilines is 2. The van der Waals surface area contributed by atoms with E-state index < -0.39 is 18.4 Å². The molecule has 1 fully saturated rings. The van der Waals surface area contributed by atoms with Crippen LogP contribution >= 0.6 is 11.6 Å². The van der Waals surface area contributed by atoms with Crippen molar-refractivity contribution in [3.8, 4) is 0 Å². The minimum atomic E-state index is -5.06.